The van der Waals surface area contributed by atoms with Gasteiger partial charge in [0.2, 0.25) is 5.91 Å². The van der Waals surface area contributed by atoms with E-state index >= 15 is 0 Å². The van der Waals surface area contributed by atoms with Gasteiger partial charge in [-0.25, -0.2) is 10.4 Å². The second kappa shape index (κ2) is 4.55. The van der Waals surface area contributed by atoms with Crippen molar-refractivity contribution >= 4 is 27.5 Å². The van der Waals surface area contributed by atoms with E-state index in [1.54, 1.807) is 5.01 Å². The van der Waals surface area contributed by atoms with Crippen LogP contribution in [0.15, 0.2) is 28.7 Å². The highest BCUT2D eigenvalue weighted by atomic mass is 79.9. The Balaban J connectivity index is 2.16. The molecule has 1 N–H and O–H groups in total. The summed E-state index contributed by atoms with van der Waals surface area (Å²) in [6, 6.07) is 7.98. The van der Waals surface area contributed by atoms with Gasteiger partial charge >= 0.3 is 0 Å². The van der Waals surface area contributed by atoms with E-state index in [2.05, 4.69) is 35.2 Å². The van der Waals surface area contributed by atoms with E-state index in [1.165, 1.54) is 0 Å². The topological polar surface area (TPSA) is 32.3 Å². The van der Waals surface area contributed by atoms with Crippen LogP contribution in [-0.4, -0.2) is 11.9 Å². The summed E-state index contributed by atoms with van der Waals surface area (Å²) in [6.45, 7) is 4.24. The average molecular weight is 283 g/mol. The third-order valence-corrected chi connectivity index (χ3v) is 3.36. The molecule has 1 unspecified atom stereocenters. The minimum atomic E-state index is 0.140. The zero-order valence-corrected chi connectivity index (χ0v) is 11.0. The van der Waals surface area contributed by atoms with Crippen molar-refractivity contribution in [1.29, 1.82) is 0 Å². The lowest BCUT2D eigenvalue weighted by molar-refractivity contribution is -0.117. The van der Waals surface area contributed by atoms with Crippen molar-refractivity contribution in [3.63, 3.8) is 0 Å². The van der Waals surface area contributed by atoms with Gasteiger partial charge in [-0.1, -0.05) is 29.8 Å². The van der Waals surface area contributed by atoms with E-state index in [0.717, 1.165) is 10.2 Å². The number of amides is 1. The van der Waals surface area contributed by atoms with Crippen molar-refractivity contribution in [2.24, 2.45) is 5.92 Å². The van der Waals surface area contributed by atoms with Gasteiger partial charge in [-0.3, -0.25) is 4.79 Å². The second-order valence-electron chi connectivity index (χ2n) is 4.39. The normalized spacial score (nSPS) is 20.9. The number of rotatable bonds is 2. The molecule has 86 valence electrons. The molecule has 0 bridgehead atoms. The molecule has 1 aliphatic heterocycles. The number of nitrogens with zero attached hydrogens (tertiary/aromatic N) is 1. The van der Waals surface area contributed by atoms with Crippen LogP contribution in [0.2, 0.25) is 0 Å². The molecule has 16 heavy (non-hydrogen) atoms. The Morgan fingerprint density at radius 1 is 1.38 bits per heavy atom. The van der Waals surface area contributed by atoms with Crippen LogP contribution in [-0.2, 0) is 4.79 Å². The Labute approximate surface area is 104 Å². The summed E-state index contributed by atoms with van der Waals surface area (Å²) in [6.07, 6.45) is 0.577. The lowest BCUT2D eigenvalue weighted by Gasteiger charge is -2.19. The van der Waals surface area contributed by atoms with E-state index in [9.17, 15) is 4.79 Å². The van der Waals surface area contributed by atoms with E-state index in [4.69, 9.17) is 0 Å². The number of hydrazine groups is 1. The molecule has 1 heterocycles. The minimum Gasteiger partial charge on any atom is -0.273 e. The summed E-state index contributed by atoms with van der Waals surface area (Å²) in [5, 5.41) is 1.65. The molecule has 1 amide bonds. The van der Waals surface area contributed by atoms with Crippen LogP contribution in [0.1, 0.15) is 20.3 Å². The summed E-state index contributed by atoms with van der Waals surface area (Å²) in [5.74, 6) is 0.602. The summed E-state index contributed by atoms with van der Waals surface area (Å²) in [5.41, 5.74) is 4.14. The molecular formula is C12H15BrN2O. The highest BCUT2D eigenvalue weighted by Gasteiger charge is 2.31. The van der Waals surface area contributed by atoms with E-state index in [-0.39, 0.29) is 11.9 Å². The van der Waals surface area contributed by atoms with Crippen LogP contribution in [0.25, 0.3) is 0 Å². The van der Waals surface area contributed by atoms with Gasteiger partial charge < -0.3 is 0 Å². The fourth-order valence-electron chi connectivity index (χ4n) is 1.76. The largest absolute Gasteiger partial charge is 0.273 e. The van der Waals surface area contributed by atoms with Crippen LogP contribution in [0, 0.1) is 5.92 Å². The molecule has 2 rings (SSSR count). The third kappa shape index (κ3) is 2.28. The van der Waals surface area contributed by atoms with Crippen molar-refractivity contribution in [2.45, 2.75) is 26.3 Å². The SMILES string of the molecule is CC(C)C1CC(=O)N(c2ccc(Br)cc2)N1. The molecular weight excluding hydrogens is 268 g/mol. The van der Waals surface area contributed by atoms with Gasteiger partial charge in [0, 0.05) is 16.9 Å². The lowest BCUT2D eigenvalue weighted by Crippen LogP contribution is -2.39. The van der Waals surface area contributed by atoms with Crippen molar-refractivity contribution in [1.82, 2.24) is 5.43 Å². The Hall–Kier alpha value is -0.870. The first kappa shape index (κ1) is 11.6. The molecule has 3 nitrogen and oxygen atoms in total. The van der Waals surface area contributed by atoms with Crippen molar-refractivity contribution in [3.05, 3.63) is 28.7 Å². The molecule has 0 radical (unpaired) electrons. The molecule has 1 aromatic rings. The van der Waals surface area contributed by atoms with E-state index in [1.807, 2.05) is 24.3 Å². The van der Waals surface area contributed by atoms with Gasteiger partial charge in [0.1, 0.15) is 0 Å². The zero-order chi connectivity index (χ0) is 11.7. The quantitative estimate of drug-likeness (QED) is 0.905. The van der Waals surface area contributed by atoms with Crippen molar-refractivity contribution in [2.75, 3.05) is 5.01 Å². The van der Waals surface area contributed by atoms with E-state index < -0.39 is 0 Å². The highest BCUT2D eigenvalue weighted by Crippen LogP contribution is 2.23. The minimum absolute atomic E-state index is 0.140. The molecule has 1 fully saturated rings. The monoisotopic (exact) mass is 282 g/mol. The predicted molar refractivity (Wildman–Crippen MR) is 68.0 cm³/mol. The van der Waals surface area contributed by atoms with Crippen LogP contribution in [0.5, 0.6) is 0 Å². The number of halogens is 1. The number of hydrogen-bond donors (Lipinski definition) is 1. The predicted octanol–water partition coefficient (Wildman–Crippen LogP) is 2.72. The Bertz CT molecular complexity index is 389. The maximum absolute atomic E-state index is 11.8. The first-order chi connectivity index (χ1) is 7.58. The maximum Gasteiger partial charge on any atom is 0.243 e. The molecule has 0 saturated carbocycles. The molecule has 1 aliphatic rings. The second-order valence-corrected chi connectivity index (χ2v) is 5.30. The molecule has 1 atom stereocenters. The van der Waals surface area contributed by atoms with Crippen molar-refractivity contribution < 1.29 is 4.79 Å². The third-order valence-electron chi connectivity index (χ3n) is 2.83. The zero-order valence-electron chi connectivity index (χ0n) is 9.40. The fourth-order valence-corrected chi connectivity index (χ4v) is 2.02. The van der Waals surface area contributed by atoms with Crippen LogP contribution in [0.4, 0.5) is 5.69 Å². The molecule has 1 saturated heterocycles. The first-order valence-electron chi connectivity index (χ1n) is 5.42. The standard InChI is InChI=1S/C12H15BrN2O/c1-8(2)11-7-12(16)15(14-11)10-5-3-9(13)4-6-10/h3-6,8,11,14H,7H2,1-2H3. The lowest BCUT2D eigenvalue weighted by atomic mass is 10.0. The summed E-state index contributed by atoms with van der Waals surface area (Å²) < 4.78 is 1.02. The molecule has 0 aromatic heterocycles. The molecule has 4 heteroatoms. The number of benzene rings is 1. The Kier molecular flexibility index (Phi) is 3.30. The molecule has 0 aliphatic carbocycles. The highest BCUT2D eigenvalue weighted by molar-refractivity contribution is 9.10. The molecule has 1 aromatic carbocycles. The number of hydrogen-bond acceptors (Lipinski definition) is 2. The number of carbonyl (C=O) groups excluding carboxylic acids is 1. The van der Waals surface area contributed by atoms with E-state index in [0.29, 0.717) is 12.3 Å². The fraction of sp³-hybridized carbons (Fsp3) is 0.417. The smallest absolute Gasteiger partial charge is 0.243 e. The average Bonchev–Trinajstić information content (AvgIpc) is 2.62. The van der Waals surface area contributed by atoms with Gasteiger partial charge in [-0.15, -0.1) is 0 Å². The van der Waals surface area contributed by atoms with Gasteiger partial charge in [-0.2, -0.15) is 0 Å². The van der Waals surface area contributed by atoms with Crippen LogP contribution in [0.3, 0.4) is 0 Å². The van der Waals surface area contributed by atoms with Gasteiger partial charge in [0.15, 0.2) is 0 Å². The first-order valence-corrected chi connectivity index (χ1v) is 6.22. The Morgan fingerprint density at radius 3 is 2.50 bits per heavy atom. The summed E-state index contributed by atoms with van der Waals surface area (Å²) >= 11 is 3.38. The van der Waals surface area contributed by atoms with Crippen molar-refractivity contribution in [3.8, 4) is 0 Å². The van der Waals surface area contributed by atoms with Gasteiger partial charge in [0.05, 0.1) is 5.69 Å². The van der Waals surface area contributed by atoms with Gasteiger partial charge in [0.25, 0.3) is 0 Å². The van der Waals surface area contributed by atoms with Crippen LogP contribution >= 0.6 is 15.9 Å². The molecule has 0 spiro atoms. The number of nitrogens with one attached hydrogen (secondary N) is 1. The summed E-state index contributed by atoms with van der Waals surface area (Å²) in [7, 11) is 0. The number of anilines is 1. The van der Waals surface area contributed by atoms with Gasteiger partial charge in [-0.05, 0) is 30.2 Å². The number of carbonyl (C=O) groups is 1. The maximum atomic E-state index is 11.8. The summed E-state index contributed by atoms with van der Waals surface area (Å²) in [4.78, 5) is 11.8. The van der Waals surface area contributed by atoms with Crippen LogP contribution < -0.4 is 10.4 Å². The Morgan fingerprint density at radius 2 is 2.00 bits per heavy atom.